The maximum absolute atomic E-state index is 12.5. The van der Waals surface area contributed by atoms with Crippen LogP contribution in [0.25, 0.3) is 0 Å². The maximum atomic E-state index is 12.5. The Bertz CT molecular complexity index is 1990. The van der Waals surface area contributed by atoms with Crippen molar-refractivity contribution in [3.63, 3.8) is 0 Å². The Morgan fingerprint density at radius 1 is 0.233 bits per heavy atom. The van der Waals surface area contributed by atoms with E-state index in [1.54, 1.807) is 0 Å². The lowest BCUT2D eigenvalue weighted by Crippen LogP contribution is -2.69. The second-order valence-corrected chi connectivity index (χ2v) is 17.0. The average Bonchev–Trinajstić information content (AvgIpc) is 3.31. The number of aliphatic carboxylic acids is 6. The zero-order valence-electron chi connectivity index (χ0n) is 36.2. The molecule has 37 nitrogen and oxygen atoms in total. The highest BCUT2D eigenvalue weighted by Gasteiger charge is 2.60. The zero-order valence-corrected chi connectivity index (χ0v) is 36.2. The SMILES string of the molecule is O=C(O)[C@H]1O[C@@H](O[C@H]2[C@H](O)[C@H](O)[C@H](O[C@H]3[C@H](O)[C@H](O)[C@H](O[C@H]4[C@H](O)[C@H](O)[C@H](O[C@H]5[C@H](O)[C@H](O)[C@H](O[C@H]6[C@H](O)[C@H](O)[C@H](O)O[C@@H]6C(=O)O)O[C@@H]5C(=O)O)O[C@@H]4C(=O)O)O[C@@H]3C(=O)O)O[C@@H]2C(=O)O)[C@@H](O)[C@@H](O)[C@@H]1O. The largest absolute Gasteiger partial charge is 0.479 e. The van der Waals surface area contributed by atoms with E-state index < -0.39 is 220 Å². The molecule has 416 valence electrons. The van der Waals surface area contributed by atoms with Crippen LogP contribution in [0, 0.1) is 0 Å². The lowest BCUT2D eigenvalue weighted by molar-refractivity contribution is -0.386. The molecule has 6 rings (SSSR count). The van der Waals surface area contributed by atoms with Crippen LogP contribution >= 0.6 is 0 Å². The molecule has 30 atom stereocenters. The topological polar surface area (TPSA) is 609 Å². The highest BCUT2D eigenvalue weighted by molar-refractivity contribution is 5.76. The van der Waals surface area contributed by atoms with Gasteiger partial charge in [0.15, 0.2) is 74.4 Å². The monoisotopic (exact) mass is 1070 g/mol. The summed E-state index contributed by atoms with van der Waals surface area (Å²) in [4.78, 5) is 72.8. The van der Waals surface area contributed by atoms with Crippen molar-refractivity contribution in [3.05, 3.63) is 0 Å². The fourth-order valence-corrected chi connectivity index (χ4v) is 8.34. The van der Waals surface area contributed by atoms with Gasteiger partial charge < -0.3 is 154 Å². The Balaban J connectivity index is 1.13. The summed E-state index contributed by atoms with van der Waals surface area (Å²) >= 11 is 0. The highest BCUT2D eigenvalue weighted by Crippen LogP contribution is 2.37. The summed E-state index contributed by atoms with van der Waals surface area (Å²) in [5.41, 5.74) is 0. The molecule has 0 saturated carbocycles. The first-order valence-electron chi connectivity index (χ1n) is 21.1. The van der Waals surface area contributed by atoms with Crippen LogP contribution in [0.4, 0.5) is 0 Å². The number of aliphatic hydroxyl groups is 14. The first kappa shape index (κ1) is 58.1. The minimum atomic E-state index is -2.64. The molecule has 20 N–H and O–H groups in total. The summed E-state index contributed by atoms with van der Waals surface area (Å²) in [6, 6.07) is 0. The van der Waals surface area contributed by atoms with E-state index in [9.17, 15) is 131 Å². The predicted molar refractivity (Wildman–Crippen MR) is 202 cm³/mol. The highest BCUT2D eigenvalue weighted by atomic mass is 16.8. The van der Waals surface area contributed by atoms with Gasteiger partial charge in [0.1, 0.15) is 110 Å². The molecule has 6 saturated heterocycles. The van der Waals surface area contributed by atoms with Crippen LogP contribution in [0.1, 0.15) is 0 Å². The molecule has 37 heteroatoms. The van der Waals surface area contributed by atoms with Gasteiger partial charge in [0.05, 0.1) is 0 Å². The molecule has 73 heavy (non-hydrogen) atoms. The molecule has 0 aliphatic carbocycles. The molecule has 0 amide bonds. The molecule has 0 radical (unpaired) electrons. The smallest absolute Gasteiger partial charge is 0.335 e. The van der Waals surface area contributed by atoms with Crippen molar-refractivity contribution in [2.75, 3.05) is 0 Å². The third kappa shape index (κ3) is 11.5. The van der Waals surface area contributed by atoms with Crippen molar-refractivity contribution >= 4 is 35.8 Å². The minimum absolute atomic E-state index is 1.90. The molecule has 0 aromatic carbocycles. The van der Waals surface area contributed by atoms with Crippen LogP contribution in [0.2, 0.25) is 0 Å². The third-order valence-corrected chi connectivity index (χ3v) is 12.2. The summed E-state index contributed by atoms with van der Waals surface area (Å²) < 4.78 is 56.5. The van der Waals surface area contributed by atoms with E-state index in [4.69, 9.17) is 47.4 Å². The van der Waals surface area contributed by atoms with Crippen molar-refractivity contribution in [1.82, 2.24) is 0 Å². The van der Waals surface area contributed by atoms with E-state index in [0.717, 1.165) is 0 Å². The average molecular weight is 1070 g/mol. The molecule has 6 aliphatic rings. The van der Waals surface area contributed by atoms with E-state index in [-0.39, 0.29) is 0 Å². The van der Waals surface area contributed by atoms with Gasteiger partial charge in [-0.25, -0.2) is 28.8 Å². The van der Waals surface area contributed by atoms with Crippen molar-refractivity contribution < 1.29 is 183 Å². The molecule has 0 unspecified atom stereocenters. The van der Waals surface area contributed by atoms with Crippen LogP contribution in [0.5, 0.6) is 0 Å². The van der Waals surface area contributed by atoms with E-state index in [0.29, 0.717) is 0 Å². The van der Waals surface area contributed by atoms with E-state index in [1.807, 2.05) is 0 Å². The molecule has 0 spiro atoms. The Labute approximate surface area is 403 Å². The molecule has 6 heterocycles. The van der Waals surface area contributed by atoms with Crippen LogP contribution in [-0.4, -0.2) is 322 Å². The second-order valence-electron chi connectivity index (χ2n) is 17.0. The van der Waals surface area contributed by atoms with E-state index in [1.165, 1.54) is 0 Å². The fraction of sp³-hybridized carbons (Fsp3) is 0.833. The van der Waals surface area contributed by atoms with Crippen LogP contribution in [0.3, 0.4) is 0 Å². The molecular weight excluding hydrogens is 1020 g/mol. The molecule has 0 bridgehead atoms. The summed E-state index contributed by atoms with van der Waals surface area (Å²) in [7, 11) is 0. The number of hydrogen-bond donors (Lipinski definition) is 20. The number of hydrogen-bond acceptors (Lipinski definition) is 31. The number of rotatable bonds is 16. The van der Waals surface area contributed by atoms with E-state index >= 15 is 0 Å². The molecule has 0 aromatic rings. The Kier molecular flexibility index (Phi) is 18.3. The van der Waals surface area contributed by atoms with Crippen molar-refractivity contribution in [2.24, 2.45) is 0 Å². The predicted octanol–water partition coefficient (Wildman–Crippen LogP) is -13.5. The first-order valence-corrected chi connectivity index (χ1v) is 21.1. The van der Waals surface area contributed by atoms with Gasteiger partial charge in [0.25, 0.3) is 0 Å². The molecule has 0 aromatic heterocycles. The number of ether oxygens (including phenoxy) is 11. The van der Waals surface area contributed by atoms with Gasteiger partial charge in [-0.15, -0.1) is 0 Å². The summed E-state index contributed by atoms with van der Waals surface area (Å²) in [5.74, 6) is -12.2. The van der Waals surface area contributed by atoms with E-state index in [2.05, 4.69) is 4.74 Å². The molecular formula is C36H50O37. The lowest BCUT2D eigenvalue weighted by Gasteiger charge is -2.48. The van der Waals surface area contributed by atoms with Crippen LogP contribution in [0.15, 0.2) is 0 Å². The summed E-state index contributed by atoms with van der Waals surface area (Å²) in [6.45, 7) is 0. The van der Waals surface area contributed by atoms with Gasteiger partial charge >= 0.3 is 35.8 Å². The van der Waals surface area contributed by atoms with Crippen molar-refractivity contribution in [2.45, 2.75) is 184 Å². The van der Waals surface area contributed by atoms with Crippen LogP contribution in [-0.2, 0) is 80.9 Å². The molecule has 6 fully saturated rings. The van der Waals surface area contributed by atoms with Gasteiger partial charge in [-0.3, -0.25) is 0 Å². The van der Waals surface area contributed by atoms with Crippen molar-refractivity contribution in [1.29, 1.82) is 0 Å². The first-order chi connectivity index (χ1) is 34.0. The van der Waals surface area contributed by atoms with Gasteiger partial charge in [-0.1, -0.05) is 0 Å². The van der Waals surface area contributed by atoms with Crippen molar-refractivity contribution in [3.8, 4) is 0 Å². The summed E-state index contributed by atoms with van der Waals surface area (Å²) in [6.07, 6.45) is -73.7. The fourth-order valence-electron chi connectivity index (χ4n) is 8.34. The zero-order chi connectivity index (χ0) is 54.6. The standard InChI is InChI=1S/C36H50O37/c37-1-2(38)19(25(50)51)69-32(9(1)45)65-15-4(40)11(47)34(71-21(15)27(54)55)67-17-6(42)13(49)36(73-23(17)29(58)59)68-18-7(43)12(48)35(72-24(18)30(60)61)66-16-5(41)10(46)33(70-22(16)28(56)57)64-14-3(39)8(44)31(62)63-20(14)26(52)53/h1-24,31-49,62H,(H,50,51)(H,52,53)(H,54,55)(H,56,57)(H,58,59)(H,60,61)/t1-,2-,3+,4+,5+,6+,7+,8-,9-,10-,11-,12-,13-,14-,15-,16-,17-,18-,19-,20-,21-,22-,23-,24-,31+,32+,33+,34+,35+,36+/m0/s1. The maximum Gasteiger partial charge on any atom is 0.335 e. The lowest BCUT2D eigenvalue weighted by atomic mass is 9.95. The Morgan fingerprint density at radius 3 is 0.658 bits per heavy atom. The van der Waals surface area contributed by atoms with Gasteiger partial charge in [-0.2, -0.15) is 0 Å². The van der Waals surface area contributed by atoms with Gasteiger partial charge in [-0.05, 0) is 0 Å². The normalized spacial score (nSPS) is 49.6. The van der Waals surface area contributed by atoms with Gasteiger partial charge in [0, 0.05) is 0 Å². The molecule has 6 aliphatic heterocycles. The quantitative estimate of drug-likeness (QED) is 0.0682. The second kappa shape index (κ2) is 23.0. The minimum Gasteiger partial charge on any atom is -0.479 e. The Hall–Kier alpha value is -4.18. The number of carbonyl (C=O) groups is 6. The Morgan fingerprint density at radius 2 is 0.425 bits per heavy atom. The van der Waals surface area contributed by atoms with Gasteiger partial charge in [0.2, 0.25) is 0 Å². The van der Waals surface area contributed by atoms with Crippen LogP contribution < -0.4 is 0 Å². The number of aliphatic hydroxyl groups excluding tert-OH is 14. The number of carboxylic acids is 6. The summed E-state index contributed by atoms with van der Waals surface area (Å²) in [5, 5.41) is 207. The number of carboxylic acid groups (broad SMARTS) is 6. The third-order valence-electron chi connectivity index (χ3n) is 12.2.